The highest BCUT2D eigenvalue weighted by Crippen LogP contribution is 2.02. The van der Waals surface area contributed by atoms with Gasteiger partial charge in [-0.2, -0.15) is 0 Å². The smallest absolute Gasteiger partial charge is 0.333 e. The van der Waals surface area contributed by atoms with E-state index in [2.05, 4.69) is 18.7 Å². The molecule has 3 nitrogen and oxygen atoms in total. The Morgan fingerprint density at radius 3 is 2.62 bits per heavy atom. The fourth-order valence-corrected chi connectivity index (χ4v) is 1.28. The molecule has 86 valence electrons. The zero-order valence-electron chi connectivity index (χ0n) is 9.19. The molecular formula is C13H16O3. The molecule has 0 fully saturated rings. The van der Waals surface area contributed by atoms with E-state index < -0.39 is 5.97 Å². The minimum atomic E-state index is -0.997. The number of carbonyl (C=O) groups is 1. The van der Waals surface area contributed by atoms with Crippen LogP contribution >= 0.6 is 0 Å². The number of hydrogen-bond acceptors (Lipinski definition) is 2. The van der Waals surface area contributed by atoms with Gasteiger partial charge in [0.05, 0.1) is 12.2 Å². The molecule has 0 heterocycles. The molecule has 1 N–H and O–H groups in total. The van der Waals surface area contributed by atoms with Crippen LogP contribution in [-0.4, -0.2) is 24.3 Å². The molecular weight excluding hydrogens is 204 g/mol. The summed E-state index contributed by atoms with van der Waals surface area (Å²) in [5, 5.41) is 8.54. The quantitative estimate of drug-likeness (QED) is 0.566. The third kappa shape index (κ3) is 4.75. The van der Waals surface area contributed by atoms with Crippen molar-refractivity contribution in [3.8, 4) is 0 Å². The second-order valence-corrected chi connectivity index (χ2v) is 3.55. The number of carboxylic acids is 1. The highest BCUT2D eigenvalue weighted by molar-refractivity contribution is 5.85. The number of benzene rings is 1. The van der Waals surface area contributed by atoms with Crippen LogP contribution in [0.5, 0.6) is 0 Å². The molecule has 1 rings (SSSR count). The Hall–Kier alpha value is -1.61. The van der Waals surface area contributed by atoms with Gasteiger partial charge in [0.1, 0.15) is 0 Å². The summed E-state index contributed by atoms with van der Waals surface area (Å²) in [5.74, 6) is -0.997. The second kappa shape index (κ2) is 6.80. The number of aliphatic carboxylic acids is 1. The fourth-order valence-electron chi connectivity index (χ4n) is 1.28. The van der Waals surface area contributed by atoms with Gasteiger partial charge < -0.3 is 9.84 Å². The second-order valence-electron chi connectivity index (χ2n) is 3.55. The highest BCUT2D eigenvalue weighted by Gasteiger charge is 2.02. The molecule has 1 aromatic rings. The predicted octanol–water partition coefficient (Wildman–Crippen LogP) is 2.28. The maximum atomic E-state index is 10.4. The summed E-state index contributed by atoms with van der Waals surface area (Å²) >= 11 is 0. The first-order chi connectivity index (χ1) is 7.70. The van der Waals surface area contributed by atoms with Crippen molar-refractivity contribution in [2.45, 2.75) is 12.8 Å². The lowest BCUT2D eigenvalue weighted by Crippen LogP contribution is -2.07. The van der Waals surface area contributed by atoms with E-state index in [9.17, 15) is 4.79 Å². The molecule has 0 amide bonds. The van der Waals surface area contributed by atoms with Crippen molar-refractivity contribution in [2.24, 2.45) is 0 Å². The average molecular weight is 220 g/mol. The standard InChI is InChI=1S/C13H16O3/c1-11(13(14)15)10-16-9-5-8-12-6-3-2-4-7-12/h2-4,6-7H,1,5,8-10H2,(H,14,15). The number of rotatable bonds is 7. The molecule has 0 saturated heterocycles. The van der Waals surface area contributed by atoms with E-state index >= 15 is 0 Å². The van der Waals surface area contributed by atoms with Crippen molar-refractivity contribution < 1.29 is 14.6 Å². The van der Waals surface area contributed by atoms with Crippen molar-refractivity contribution in [1.82, 2.24) is 0 Å². The molecule has 0 aliphatic heterocycles. The lowest BCUT2D eigenvalue weighted by molar-refractivity contribution is -0.133. The van der Waals surface area contributed by atoms with Gasteiger partial charge in [-0.15, -0.1) is 0 Å². The summed E-state index contributed by atoms with van der Waals surface area (Å²) < 4.78 is 5.20. The zero-order valence-corrected chi connectivity index (χ0v) is 9.19. The van der Waals surface area contributed by atoms with Crippen molar-refractivity contribution in [2.75, 3.05) is 13.2 Å². The number of ether oxygens (including phenoxy) is 1. The molecule has 3 heteroatoms. The molecule has 1 aromatic carbocycles. The summed E-state index contributed by atoms with van der Waals surface area (Å²) in [6.07, 6.45) is 1.83. The van der Waals surface area contributed by atoms with Crippen LogP contribution in [-0.2, 0) is 16.0 Å². The molecule has 0 aromatic heterocycles. The van der Waals surface area contributed by atoms with Gasteiger partial charge in [-0.3, -0.25) is 0 Å². The van der Waals surface area contributed by atoms with Gasteiger partial charge >= 0.3 is 5.97 Å². The van der Waals surface area contributed by atoms with Crippen molar-refractivity contribution >= 4 is 5.97 Å². The summed E-state index contributed by atoms with van der Waals surface area (Å²) in [5.41, 5.74) is 1.36. The Kier molecular flexibility index (Phi) is 5.29. The van der Waals surface area contributed by atoms with Crippen LogP contribution in [0.4, 0.5) is 0 Å². The van der Waals surface area contributed by atoms with Gasteiger partial charge in [0.2, 0.25) is 0 Å². The van der Waals surface area contributed by atoms with Crippen molar-refractivity contribution in [3.05, 3.63) is 48.0 Å². The Morgan fingerprint density at radius 2 is 2.00 bits per heavy atom. The largest absolute Gasteiger partial charge is 0.478 e. The maximum absolute atomic E-state index is 10.4. The highest BCUT2D eigenvalue weighted by atomic mass is 16.5. The van der Waals surface area contributed by atoms with Gasteiger partial charge in [0.15, 0.2) is 0 Å². The molecule has 16 heavy (non-hydrogen) atoms. The topological polar surface area (TPSA) is 46.5 Å². The minimum Gasteiger partial charge on any atom is -0.478 e. The van der Waals surface area contributed by atoms with Crippen LogP contribution in [0.1, 0.15) is 12.0 Å². The van der Waals surface area contributed by atoms with E-state index in [1.54, 1.807) is 0 Å². The minimum absolute atomic E-state index is 0.0970. The van der Waals surface area contributed by atoms with E-state index in [0.717, 1.165) is 12.8 Å². The number of carboxylic acid groups (broad SMARTS) is 1. The lowest BCUT2D eigenvalue weighted by Gasteiger charge is -2.04. The normalized spacial score (nSPS) is 10.0. The van der Waals surface area contributed by atoms with E-state index in [1.807, 2.05) is 18.2 Å². The van der Waals surface area contributed by atoms with Crippen molar-refractivity contribution in [1.29, 1.82) is 0 Å². The molecule has 0 bridgehead atoms. The predicted molar refractivity (Wildman–Crippen MR) is 62.4 cm³/mol. The van der Waals surface area contributed by atoms with Crippen LogP contribution in [0, 0.1) is 0 Å². The third-order valence-corrected chi connectivity index (χ3v) is 2.18. The molecule has 0 unspecified atom stereocenters. The summed E-state index contributed by atoms with van der Waals surface area (Å²) in [6, 6.07) is 10.1. The average Bonchev–Trinajstić information content (AvgIpc) is 2.29. The number of aryl methyl sites for hydroxylation is 1. The van der Waals surface area contributed by atoms with E-state index in [-0.39, 0.29) is 12.2 Å². The molecule has 0 saturated carbocycles. The molecule has 0 aliphatic rings. The van der Waals surface area contributed by atoms with Gasteiger partial charge in [0, 0.05) is 6.61 Å². The van der Waals surface area contributed by atoms with E-state index in [0.29, 0.717) is 6.61 Å². The molecule has 0 spiro atoms. The Morgan fingerprint density at radius 1 is 1.31 bits per heavy atom. The van der Waals surface area contributed by atoms with Crippen molar-refractivity contribution in [3.63, 3.8) is 0 Å². The molecule has 0 aliphatic carbocycles. The Labute approximate surface area is 95.4 Å². The summed E-state index contributed by atoms with van der Waals surface area (Å²) in [6.45, 7) is 4.04. The lowest BCUT2D eigenvalue weighted by atomic mass is 10.1. The van der Waals surface area contributed by atoms with Gasteiger partial charge in [0.25, 0.3) is 0 Å². The van der Waals surface area contributed by atoms with Gasteiger partial charge in [-0.1, -0.05) is 36.9 Å². The third-order valence-electron chi connectivity index (χ3n) is 2.18. The maximum Gasteiger partial charge on any atom is 0.333 e. The van der Waals surface area contributed by atoms with E-state index in [4.69, 9.17) is 9.84 Å². The van der Waals surface area contributed by atoms with Crippen LogP contribution in [0.15, 0.2) is 42.5 Å². The first-order valence-electron chi connectivity index (χ1n) is 5.23. The van der Waals surface area contributed by atoms with Gasteiger partial charge in [-0.05, 0) is 18.4 Å². The molecule has 0 radical (unpaired) electrons. The zero-order chi connectivity index (χ0) is 11.8. The first kappa shape index (κ1) is 12.5. The summed E-state index contributed by atoms with van der Waals surface area (Å²) in [4.78, 5) is 10.4. The SMILES string of the molecule is C=C(COCCCc1ccccc1)C(=O)O. The van der Waals surface area contributed by atoms with Crippen LogP contribution in [0.2, 0.25) is 0 Å². The Balaban J connectivity index is 2.09. The van der Waals surface area contributed by atoms with Gasteiger partial charge in [-0.25, -0.2) is 4.79 Å². The van der Waals surface area contributed by atoms with E-state index in [1.165, 1.54) is 5.56 Å². The number of hydrogen-bond donors (Lipinski definition) is 1. The van der Waals surface area contributed by atoms with Crippen LogP contribution < -0.4 is 0 Å². The summed E-state index contributed by atoms with van der Waals surface area (Å²) in [7, 11) is 0. The molecule has 0 atom stereocenters. The van der Waals surface area contributed by atoms with Crippen LogP contribution in [0.25, 0.3) is 0 Å². The fraction of sp³-hybridized carbons (Fsp3) is 0.308. The first-order valence-corrected chi connectivity index (χ1v) is 5.23. The monoisotopic (exact) mass is 220 g/mol. The Bertz CT molecular complexity index is 343. The van der Waals surface area contributed by atoms with Crippen LogP contribution in [0.3, 0.4) is 0 Å².